The number of aromatic nitrogens is 3. The summed E-state index contributed by atoms with van der Waals surface area (Å²) in [5.41, 5.74) is 18.1. The van der Waals surface area contributed by atoms with Crippen molar-refractivity contribution in [1.82, 2.24) is 15.2 Å². The van der Waals surface area contributed by atoms with E-state index in [0.29, 0.717) is 23.0 Å². The number of para-hydroxylation sites is 1. The van der Waals surface area contributed by atoms with Gasteiger partial charge in [0.1, 0.15) is 0 Å². The average Bonchev–Trinajstić information content (AvgIpc) is 3.05. The van der Waals surface area contributed by atoms with Crippen LogP contribution in [0.4, 0.5) is 5.69 Å². The van der Waals surface area contributed by atoms with Crippen LogP contribution in [0, 0.1) is 0 Å². The Morgan fingerprint density at radius 3 is 2.38 bits per heavy atom. The first-order valence-corrected chi connectivity index (χ1v) is 6.90. The minimum Gasteiger partial charge on any atom is -0.416 e. The number of aliphatic imine (C=N–C) groups is 2. The molecule has 3 aromatic rings. The van der Waals surface area contributed by atoms with Gasteiger partial charge >= 0.3 is 0 Å². The SMILES string of the molecule is NC(N)=NC(N)=Nc1ccccc1-c1nnc(-c2ccncc2)o1. The Kier molecular flexibility index (Phi) is 4.15. The monoisotopic (exact) mass is 322 g/mol. The number of guanidine groups is 2. The largest absolute Gasteiger partial charge is 0.416 e. The van der Waals surface area contributed by atoms with E-state index in [1.54, 1.807) is 42.7 Å². The molecule has 0 unspecified atom stereocenters. The Balaban J connectivity index is 1.99. The summed E-state index contributed by atoms with van der Waals surface area (Å²) in [6.07, 6.45) is 3.29. The van der Waals surface area contributed by atoms with E-state index >= 15 is 0 Å². The number of rotatable bonds is 3. The third-order valence-corrected chi connectivity index (χ3v) is 2.97. The molecule has 0 bridgehead atoms. The highest BCUT2D eigenvalue weighted by Gasteiger charge is 2.13. The van der Waals surface area contributed by atoms with Crippen LogP contribution in [0.5, 0.6) is 0 Å². The fraction of sp³-hybridized carbons (Fsp3) is 0. The van der Waals surface area contributed by atoms with Crippen LogP contribution in [0.3, 0.4) is 0 Å². The van der Waals surface area contributed by atoms with Crippen molar-refractivity contribution >= 4 is 17.6 Å². The highest BCUT2D eigenvalue weighted by molar-refractivity contribution is 5.94. The van der Waals surface area contributed by atoms with Gasteiger partial charge in [0, 0.05) is 18.0 Å². The first-order valence-electron chi connectivity index (χ1n) is 6.90. The standard InChI is InChI=1S/C15H14N8O/c16-14(17)21-15(18)20-11-4-2-1-3-10(11)13-23-22-12(24-13)9-5-7-19-8-6-9/h1-8H,(H6,16,17,18,20,21). The molecule has 9 heteroatoms. The van der Waals surface area contributed by atoms with Crippen molar-refractivity contribution in [3.05, 3.63) is 48.8 Å². The third-order valence-electron chi connectivity index (χ3n) is 2.97. The summed E-state index contributed by atoms with van der Waals surface area (Å²) < 4.78 is 5.71. The molecule has 0 saturated heterocycles. The van der Waals surface area contributed by atoms with Gasteiger partial charge in [-0.15, -0.1) is 10.2 Å². The lowest BCUT2D eigenvalue weighted by Crippen LogP contribution is -2.26. The van der Waals surface area contributed by atoms with Gasteiger partial charge < -0.3 is 21.6 Å². The van der Waals surface area contributed by atoms with E-state index in [0.717, 1.165) is 5.56 Å². The maximum atomic E-state index is 5.71. The van der Waals surface area contributed by atoms with Gasteiger partial charge in [0.05, 0.1) is 11.3 Å². The molecule has 2 aromatic heterocycles. The molecule has 0 aliphatic carbocycles. The molecule has 0 atom stereocenters. The van der Waals surface area contributed by atoms with Crippen molar-refractivity contribution in [2.24, 2.45) is 27.2 Å². The van der Waals surface area contributed by atoms with Crippen LogP contribution < -0.4 is 17.2 Å². The summed E-state index contributed by atoms with van der Waals surface area (Å²) >= 11 is 0. The van der Waals surface area contributed by atoms with Crippen molar-refractivity contribution in [3.8, 4) is 22.9 Å². The Labute approximate surface area is 137 Å². The molecule has 9 nitrogen and oxygen atoms in total. The zero-order chi connectivity index (χ0) is 16.9. The van der Waals surface area contributed by atoms with Gasteiger partial charge in [0.2, 0.25) is 17.7 Å². The molecule has 0 aliphatic rings. The molecule has 1 aromatic carbocycles. The predicted octanol–water partition coefficient (Wildman–Crippen LogP) is 1.02. The maximum absolute atomic E-state index is 5.71. The van der Waals surface area contributed by atoms with Crippen molar-refractivity contribution < 1.29 is 4.42 Å². The molecule has 0 radical (unpaired) electrons. The van der Waals surface area contributed by atoms with Crippen molar-refractivity contribution in [1.29, 1.82) is 0 Å². The smallest absolute Gasteiger partial charge is 0.250 e. The van der Waals surface area contributed by atoms with Crippen molar-refractivity contribution in [2.45, 2.75) is 0 Å². The Bertz CT molecular complexity index is 897. The predicted molar refractivity (Wildman–Crippen MR) is 90.1 cm³/mol. The Hall–Kier alpha value is -3.75. The van der Waals surface area contributed by atoms with E-state index in [1.165, 1.54) is 0 Å². The van der Waals surface area contributed by atoms with Gasteiger partial charge in [0.25, 0.3) is 0 Å². The van der Waals surface area contributed by atoms with Crippen LogP contribution in [0.25, 0.3) is 22.9 Å². The normalized spacial score (nSPS) is 11.2. The average molecular weight is 322 g/mol. The second-order valence-corrected chi connectivity index (χ2v) is 4.67. The van der Waals surface area contributed by atoms with Crippen LogP contribution in [0.1, 0.15) is 0 Å². The fourth-order valence-corrected chi connectivity index (χ4v) is 1.98. The van der Waals surface area contributed by atoms with Crippen molar-refractivity contribution in [3.63, 3.8) is 0 Å². The van der Waals surface area contributed by atoms with Crippen LogP contribution in [-0.2, 0) is 0 Å². The zero-order valence-electron chi connectivity index (χ0n) is 12.5. The highest BCUT2D eigenvalue weighted by atomic mass is 16.4. The number of nitrogens with zero attached hydrogens (tertiary/aromatic N) is 5. The number of nitrogens with two attached hydrogens (primary N) is 3. The number of hydrogen-bond acceptors (Lipinski definition) is 5. The summed E-state index contributed by atoms with van der Waals surface area (Å²) in [6, 6.07) is 10.7. The van der Waals surface area contributed by atoms with Crippen molar-refractivity contribution in [2.75, 3.05) is 0 Å². The Morgan fingerprint density at radius 2 is 1.62 bits per heavy atom. The summed E-state index contributed by atoms with van der Waals surface area (Å²) in [5, 5.41) is 8.10. The summed E-state index contributed by atoms with van der Waals surface area (Å²) in [4.78, 5) is 11.8. The molecule has 0 aliphatic heterocycles. The lowest BCUT2D eigenvalue weighted by Gasteiger charge is -2.01. The summed E-state index contributed by atoms with van der Waals surface area (Å²) in [7, 11) is 0. The van der Waals surface area contributed by atoms with Crippen LogP contribution in [-0.4, -0.2) is 27.1 Å². The zero-order valence-corrected chi connectivity index (χ0v) is 12.5. The first kappa shape index (κ1) is 15.2. The molecule has 24 heavy (non-hydrogen) atoms. The van der Waals surface area contributed by atoms with Crippen LogP contribution in [0.2, 0.25) is 0 Å². The molecule has 6 N–H and O–H groups in total. The van der Waals surface area contributed by atoms with E-state index in [1.807, 2.05) is 6.07 Å². The molecule has 0 saturated carbocycles. The molecule has 0 amide bonds. The molecule has 2 heterocycles. The first-order chi connectivity index (χ1) is 11.6. The number of hydrogen-bond donors (Lipinski definition) is 3. The highest BCUT2D eigenvalue weighted by Crippen LogP contribution is 2.30. The molecular weight excluding hydrogens is 308 g/mol. The van der Waals surface area contributed by atoms with Gasteiger partial charge in [-0.3, -0.25) is 4.98 Å². The molecule has 0 fully saturated rings. The summed E-state index contributed by atoms with van der Waals surface area (Å²) in [6.45, 7) is 0. The van der Waals surface area contributed by atoms with Crippen LogP contribution in [0.15, 0.2) is 63.2 Å². The fourth-order valence-electron chi connectivity index (χ4n) is 1.98. The van der Waals surface area contributed by atoms with Gasteiger partial charge in [-0.05, 0) is 24.3 Å². The van der Waals surface area contributed by atoms with Crippen LogP contribution >= 0.6 is 0 Å². The lowest BCUT2D eigenvalue weighted by atomic mass is 10.2. The summed E-state index contributed by atoms with van der Waals surface area (Å²) in [5.74, 6) is 0.435. The second kappa shape index (κ2) is 6.57. The van der Waals surface area contributed by atoms with E-state index < -0.39 is 0 Å². The minimum atomic E-state index is -0.175. The van der Waals surface area contributed by atoms with Gasteiger partial charge in [-0.1, -0.05) is 12.1 Å². The number of pyridine rings is 1. The quantitative estimate of drug-likeness (QED) is 0.480. The number of benzene rings is 1. The third kappa shape index (κ3) is 3.35. The van der Waals surface area contributed by atoms with E-state index in [2.05, 4.69) is 25.2 Å². The second-order valence-electron chi connectivity index (χ2n) is 4.67. The molecular formula is C15H14N8O. The van der Waals surface area contributed by atoms with E-state index in [-0.39, 0.29) is 11.9 Å². The maximum Gasteiger partial charge on any atom is 0.250 e. The Morgan fingerprint density at radius 1 is 0.917 bits per heavy atom. The van der Waals surface area contributed by atoms with Gasteiger partial charge in [-0.25, -0.2) is 4.99 Å². The van der Waals surface area contributed by atoms with Gasteiger partial charge in [-0.2, -0.15) is 4.99 Å². The topological polar surface area (TPSA) is 155 Å². The van der Waals surface area contributed by atoms with E-state index in [4.69, 9.17) is 21.6 Å². The molecule has 3 rings (SSSR count). The minimum absolute atomic E-state index is 0.0728. The van der Waals surface area contributed by atoms with E-state index in [9.17, 15) is 0 Å². The lowest BCUT2D eigenvalue weighted by molar-refractivity contribution is 0.584. The van der Waals surface area contributed by atoms with Gasteiger partial charge in [0.15, 0.2) is 5.96 Å². The molecule has 120 valence electrons. The molecule has 0 spiro atoms.